The fourth-order valence-corrected chi connectivity index (χ4v) is 2.14. The van der Waals surface area contributed by atoms with Crippen LogP contribution >= 0.6 is 11.6 Å². The first-order valence-corrected chi connectivity index (χ1v) is 7.92. The van der Waals surface area contributed by atoms with Gasteiger partial charge in [-0.05, 0) is 43.0 Å². The number of nitrogens with one attached hydrogen (secondary N) is 3. The molecule has 1 fully saturated rings. The van der Waals surface area contributed by atoms with E-state index in [4.69, 9.17) is 11.6 Å². The SMILES string of the molecule is CC(C)[C@H](NC(=O)c1ccc(Cl)cc1)C(=O)NNC(=O)C1CC1. The molecular formula is C16H20ClN3O3. The molecule has 0 bridgehead atoms. The molecule has 0 unspecified atom stereocenters. The van der Waals surface area contributed by atoms with Crippen LogP contribution in [0, 0.1) is 11.8 Å². The fourth-order valence-electron chi connectivity index (χ4n) is 2.01. The summed E-state index contributed by atoms with van der Waals surface area (Å²) in [6.07, 6.45) is 1.70. The number of benzene rings is 1. The number of hydrogen-bond donors (Lipinski definition) is 3. The quantitative estimate of drug-likeness (QED) is 0.714. The Balaban J connectivity index is 1.94. The summed E-state index contributed by atoms with van der Waals surface area (Å²) in [4.78, 5) is 36.0. The van der Waals surface area contributed by atoms with E-state index in [0.717, 1.165) is 12.8 Å². The number of carbonyl (C=O) groups excluding carboxylic acids is 3. The second kappa shape index (κ2) is 7.46. The van der Waals surface area contributed by atoms with Gasteiger partial charge >= 0.3 is 0 Å². The van der Waals surface area contributed by atoms with Gasteiger partial charge in [0.25, 0.3) is 11.8 Å². The Morgan fingerprint density at radius 2 is 1.70 bits per heavy atom. The van der Waals surface area contributed by atoms with Crippen LogP contribution in [0.5, 0.6) is 0 Å². The average Bonchev–Trinajstić information content (AvgIpc) is 3.34. The first kappa shape index (κ1) is 17.3. The zero-order valence-corrected chi connectivity index (χ0v) is 13.8. The van der Waals surface area contributed by atoms with Crippen LogP contribution < -0.4 is 16.2 Å². The Morgan fingerprint density at radius 3 is 2.22 bits per heavy atom. The number of carbonyl (C=O) groups is 3. The first-order valence-electron chi connectivity index (χ1n) is 7.54. The third kappa shape index (κ3) is 4.96. The Hall–Kier alpha value is -2.08. The van der Waals surface area contributed by atoms with Crippen LogP contribution in [-0.2, 0) is 9.59 Å². The minimum absolute atomic E-state index is 0.00328. The number of halogens is 1. The molecule has 1 atom stereocenters. The van der Waals surface area contributed by atoms with Crippen LogP contribution in [-0.4, -0.2) is 23.8 Å². The van der Waals surface area contributed by atoms with Crippen molar-refractivity contribution in [2.45, 2.75) is 32.7 Å². The standard InChI is InChI=1S/C16H20ClN3O3/c1-9(2)13(16(23)20-19-15(22)11-3-4-11)18-14(21)10-5-7-12(17)8-6-10/h5-9,11,13H,3-4H2,1-2H3,(H,18,21)(H,19,22)(H,20,23)/t13-/m0/s1. The largest absolute Gasteiger partial charge is 0.340 e. The summed E-state index contributed by atoms with van der Waals surface area (Å²) < 4.78 is 0. The molecule has 2 rings (SSSR count). The van der Waals surface area contributed by atoms with Gasteiger partial charge in [-0.25, -0.2) is 0 Å². The fraction of sp³-hybridized carbons (Fsp3) is 0.438. The Labute approximate surface area is 139 Å². The second-order valence-electron chi connectivity index (χ2n) is 5.95. The van der Waals surface area contributed by atoms with E-state index in [1.807, 2.05) is 13.8 Å². The van der Waals surface area contributed by atoms with Crippen LogP contribution in [0.2, 0.25) is 5.02 Å². The number of hydrogen-bond acceptors (Lipinski definition) is 3. The second-order valence-corrected chi connectivity index (χ2v) is 6.39. The maximum Gasteiger partial charge on any atom is 0.261 e. The van der Waals surface area contributed by atoms with Crippen LogP contribution in [0.4, 0.5) is 0 Å². The smallest absolute Gasteiger partial charge is 0.261 e. The molecule has 1 aromatic carbocycles. The van der Waals surface area contributed by atoms with Gasteiger partial charge in [0.1, 0.15) is 6.04 Å². The van der Waals surface area contributed by atoms with Crippen molar-refractivity contribution in [2.75, 3.05) is 0 Å². The summed E-state index contributed by atoms with van der Waals surface area (Å²) in [5.74, 6) is -1.15. The van der Waals surface area contributed by atoms with E-state index in [9.17, 15) is 14.4 Å². The molecule has 3 amide bonds. The zero-order valence-electron chi connectivity index (χ0n) is 13.1. The molecule has 7 heteroatoms. The van der Waals surface area contributed by atoms with Crippen molar-refractivity contribution in [1.29, 1.82) is 0 Å². The lowest BCUT2D eigenvalue weighted by atomic mass is 10.0. The number of rotatable bonds is 5. The predicted molar refractivity (Wildman–Crippen MR) is 86.6 cm³/mol. The lowest BCUT2D eigenvalue weighted by Crippen LogP contribution is -2.54. The summed E-state index contributed by atoms with van der Waals surface area (Å²) in [5.41, 5.74) is 5.18. The number of hydrazine groups is 1. The third-order valence-corrected chi connectivity index (χ3v) is 3.85. The van der Waals surface area contributed by atoms with Gasteiger partial charge in [-0.15, -0.1) is 0 Å². The Bertz CT molecular complexity index is 597. The minimum atomic E-state index is -0.752. The molecule has 1 aliphatic rings. The molecule has 0 saturated heterocycles. The zero-order chi connectivity index (χ0) is 17.0. The molecule has 0 spiro atoms. The lowest BCUT2D eigenvalue weighted by Gasteiger charge is -2.22. The third-order valence-electron chi connectivity index (χ3n) is 3.60. The Morgan fingerprint density at radius 1 is 1.09 bits per heavy atom. The Kier molecular flexibility index (Phi) is 5.60. The predicted octanol–water partition coefficient (Wildman–Crippen LogP) is 1.65. The highest BCUT2D eigenvalue weighted by Crippen LogP contribution is 2.28. The summed E-state index contributed by atoms with van der Waals surface area (Å²) in [6.45, 7) is 3.63. The van der Waals surface area contributed by atoms with Gasteiger partial charge < -0.3 is 5.32 Å². The van der Waals surface area contributed by atoms with Crippen molar-refractivity contribution in [3.8, 4) is 0 Å². The summed E-state index contributed by atoms with van der Waals surface area (Å²) in [5, 5.41) is 3.21. The van der Waals surface area contributed by atoms with Gasteiger partial charge in [0.2, 0.25) is 5.91 Å². The van der Waals surface area contributed by atoms with Crippen LogP contribution in [0.3, 0.4) is 0 Å². The topological polar surface area (TPSA) is 87.3 Å². The highest BCUT2D eigenvalue weighted by Gasteiger charge is 2.31. The molecule has 0 aliphatic heterocycles. The van der Waals surface area contributed by atoms with Crippen LogP contribution in [0.15, 0.2) is 24.3 Å². The molecule has 1 aliphatic carbocycles. The van der Waals surface area contributed by atoms with Crippen LogP contribution in [0.1, 0.15) is 37.0 Å². The normalized spacial score (nSPS) is 15.0. The molecular weight excluding hydrogens is 318 g/mol. The molecule has 23 heavy (non-hydrogen) atoms. The molecule has 1 saturated carbocycles. The molecule has 0 aromatic heterocycles. The van der Waals surface area contributed by atoms with E-state index in [-0.39, 0.29) is 23.7 Å². The minimum Gasteiger partial charge on any atom is -0.340 e. The maximum atomic E-state index is 12.2. The monoisotopic (exact) mass is 337 g/mol. The molecule has 1 aromatic rings. The highest BCUT2D eigenvalue weighted by atomic mass is 35.5. The lowest BCUT2D eigenvalue weighted by molar-refractivity contribution is -0.131. The maximum absolute atomic E-state index is 12.2. The van der Waals surface area contributed by atoms with E-state index >= 15 is 0 Å². The van der Waals surface area contributed by atoms with Crippen LogP contribution in [0.25, 0.3) is 0 Å². The van der Waals surface area contributed by atoms with E-state index in [0.29, 0.717) is 10.6 Å². The summed E-state index contributed by atoms with van der Waals surface area (Å²) >= 11 is 5.79. The van der Waals surface area contributed by atoms with E-state index < -0.39 is 11.9 Å². The van der Waals surface area contributed by atoms with E-state index in [1.165, 1.54) is 0 Å². The van der Waals surface area contributed by atoms with Crippen molar-refractivity contribution < 1.29 is 14.4 Å². The van der Waals surface area contributed by atoms with Crippen molar-refractivity contribution in [2.24, 2.45) is 11.8 Å². The van der Waals surface area contributed by atoms with Gasteiger partial charge in [-0.2, -0.15) is 0 Å². The van der Waals surface area contributed by atoms with E-state index in [1.54, 1.807) is 24.3 Å². The summed E-state index contributed by atoms with van der Waals surface area (Å²) in [6, 6.07) is 5.63. The average molecular weight is 338 g/mol. The molecule has 0 heterocycles. The van der Waals surface area contributed by atoms with Crippen molar-refractivity contribution in [1.82, 2.24) is 16.2 Å². The van der Waals surface area contributed by atoms with Gasteiger partial charge in [0.05, 0.1) is 0 Å². The van der Waals surface area contributed by atoms with Gasteiger partial charge in [-0.3, -0.25) is 25.2 Å². The van der Waals surface area contributed by atoms with Crippen molar-refractivity contribution >= 4 is 29.3 Å². The molecule has 3 N–H and O–H groups in total. The molecule has 124 valence electrons. The van der Waals surface area contributed by atoms with Gasteiger partial charge in [0.15, 0.2) is 0 Å². The van der Waals surface area contributed by atoms with E-state index in [2.05, 4.69) is 16.2 Å². The highest BCUT2D eigenvalue weighted by molar-refractivity contribution is 6.30. The molecule has 6 nitrogen and oxygen atoms in total. The number of amides is 3. The summed E-state index contributed by atoms with van der Waals surface area (Å²) in [7, 11) is 0. The van der Waals surface area contributed by atoms with Crippen molar-refractivity contribution in [3.63, 3.8) is 0 Å². The first-order chi connectivity index (χ1) is 10.9. The van der Waals surface area contributed by atoms with Gasteiger partial charge in [0, 0.05) is 16.5 Å². The van der Waals surface area contributed by atoms with Gasteiger partial charge in [-0.1, -0.05) is 25.4 Å². The van der Waals surface area contributed by atoms with Crippen molar-refractivity contribution in [3.05, 3.63) is 34.9 Å². The molecule has 0 radical (unpaired) electrons.